The normalized spacial score (nSPS) is 11.0. The van der Waals surface area contributed by atoms with Crippen LogP contribution >= 0.6 is 0 Å². The quantitative estimate of drug-likeness (QED) is 0.101. The number of fused-ring (bicyclic) bond motifs is 1. The van der Waals surface area contributed by atoms with Crippen LogP contribution in [0.2, 0.25) is 0 Å². The number of ether oxygens (including phenoxy) is 1. The van der Waals surface area contributed by atoms with E-state index in [4.69, 9.17) is 4.74 Å². The molecule has 7 aromatic rings. The molecule has 13 nitrogen and oxygen atoms in total. The summed E-state index contributed by atoms with van der Waals surface area (Å²) in [6.07, 6.45) is 5.98. The van der Waals surface area contributed by atoms with Crippen molar-refractivity contribution in [3.05, 3.63) is 169 Å². The second-order valence-corrected chi connectivity index (χ2v) is 16.1. The Labute approximate surface area is 344 Å². The first-order chi connectivity index (χ1) is 28.0. The van der Waals surface area contributed by atoms with E-state index in [1.54, 1.807) is 31.4 Å². The molecule has 3 N–H and O–H groups in total. The highest BCUT2D eigenvalue weighted by molar-refractivity contribution is 7.86. The summed E-state index contributed by atoms with van der Waals surface area (Å²) in [5.41, 5.74) is 8.05. The Bertz CT molecular complexity index is 2670. The molecule has 2 aromatic heterocycles. The summed E-state index contributed by atoms with van der Waals surface area (Å²) >= 11 is 0. The van der Waals surface area contributed by atoms with E-state index in [1.807, 2.05) is 136 Å². The van der Waals surface area contributed by atoms with Gasteiger partial charge in [0.15, 0.2) is 18.6 Å². The van der Waals surface area contributed by atoms with Gasteiger partial charge in [0.25, 0.3) is 5.91 Å². The highest BCUT2D eigenvalue weighted by Gasteiger charge is 2.12. The zero-order valence-corrected chi connectivity index (χ0v) is 34.5. The van der Waals surface area contributed by atoms with E-state index in [9.17, 15) is 30.7 Å². The number of carbonyl (C=O) groups excluding carboxylic acids is 1. The van der Waals surface area contributed by atoms with Crippen molar-refractivity contribution in [3.63, 3.8) is 0 Å². The maximum absolute atomic E-state index is 12.8. The fourth-order valence-electron chi connectivity index (χ4n) is 5.49. The molecule has 0 aliphatic carbocycles. The summed E-state index contributed by atoms with van der Waals surface area (Å²) in [7, 11) is -2.88. The van der Waals surface area contributed by atoms with Gasteiger partial charge in [-0.1, -0.05) is 35.4 Å². The predicted molar refractivity (Wildman–Crippen MR) is 225 cm³/mol. The van der Waals surface area contributed by atoms with E-state index >= 15 is 0 Å². The van der Waals surface area contributed by atoms with Crippen molar-refractivity contribution in [2.75, 3.05) is 23.1 Å². The van der Waals surface area contributed by atoms with Gasteiger partial charge in [-0.3, -0.25) is 4.79 Å². The smallest absolute Gasteiger partial charge is 0.255 e. The molecule has 2 heterocycles. The van der Waals surface area contributed by atoms with Gasteiger partial charge >= 0.3 is 0 Å². The van der Waals surface area contributed by atoms with Crippen molar-refractivity contribution in [3.8, 4) is 5.75 Å². The summed E-state index contributed by atoms with van der Waals surface area (Å²) in [5, 5.41) is 10.8. The number of pyridine rings is 2. The lowest BCUT2D eigenvalue weighted by molar-refractivity contribution is -0.671. The molecule has 7 rings (SSSR count). The Morgan fingerprint density at radius 1 is 0.576 bits per heavy atom. The molecule has 0 fully saturated rings. The summed E-state index contributed by atoms with van der Waals surface area (Å²) in [6, 6.07) is 38.7. The number of benzene rings is 5. The molecule has 0 radical (unpaired) electrons. The Balaban J connectivity index is 0.000000244. The average Bonchev–Trinajstić information content (AvgIpc) is 3.21. The van der Waals surface area contributed by atoms with Crippen LogP contribution in [0.1, 0.15) is 21.5 Å². The third kappa shape index (κ3) is 12.7. The fraction of sp³-hybridized carbons (Fsp3) is 0.114. The maximum atomic E-state index is 12.8. The minimum atomic E-state index is -4.27. The molecular weight excluding hydrogens is 791 g/mol. The van der Waals surface area contributed by atoms with Crippen LogP contribution in [0.25, 0.3) is 10.9 Å². The van der Waals surface area contributed by atoms with Gasteiger partial charge in [-0.2, -0.15) is 0 Å². The summed E-state index contributed by atoms with van der Waals surface area (Å²) in [5.74, 6) is 0.636. The lowest BCUT2D eigenvalue weighted by Gasteiger charge is -2.11. The molecular formula is C44H43N5O8S2. The summed E-state index contributed by atoms with van der Waals surface area (Å²) in [4.78, 5) is 12.5. The first-order valence-electron chi connectivity index (χ1n) is 18.0. The second-order valence-electron chi connectivity index (χ2n) is 13.4. The van der Waals surface area contributed by atoms with Gasteiger partial charge in [-0.25, -0.2) is 26.0 Å². The molecule has 304 valence electrons. The lowest BCUT2D eigenvalue weighted by Crippen LogP contribution is -2.28. The maximum Gasteiger partial charge on any atom is 0.255 e. The topological polar surface area (TPSA) is 185 Å². The molecule has 0 unspecified atom stereocenters. The first-order valence-corrected chi connectivity index (χ1v) is 20.8. The molecule has 0 spiro atoms. The van der Waals surface area contributed by atoms with E-state index in [1.165, 1.54) is 24.3 Å². The molecule has 15 heteroatoms. The van der Waals surface area contributed by atoms with Crippen molar-refractivity contribution >= 4 is 65.5 Å². The SMILES string of the molecule is COc1ccc2c(c1)c(Nc1ccc(C(=O)Nc3ccc(Nc4cc[n+](C)cc4)cc3)cc1)cc[n+]2C.Cc1ccc(S(=O)(=O)[O-])cc1.Cc1ccc(S(=O)(=O)[O-])cc1. The van der Waals surface area contributed by atoms with Gasteiger partial charge < -0.3 is 29.8 Å². The molecule has 0 aliphatic heterocycles. The van der Waals surface area contributed by atoms with Crippen molar-refractivity contribution in [2.24, 2.45) is 14.1 Å². The second kappa shape index (κ2) is 19.2. The molecule has 5 aromatic carbocycles. The van der Waals surface area contributed by atoms with Crippen LogP contribution in [0.4, 0.5) is 28.4 Å². The number of carbonyl (C=O) groups is 1. The molecule has 0 saturated carbocycles. The van der Waals surface area contributed by atoms with Gasteiger partial charge in [0.05, 0.1) is 33.7 Å². The highest BCUT2D eigenvalue weighted by Crippen LogP contribution is 2.28. The third-order valence-corrected chi connectivity index (χ3v) is 10.5. The van der Waals surface area contributed by atoms with Crippen LogP contribution in [0.3, 0.4) is 0 Å². The molecule has 0 bridgehead atoms. The summed E-state index contributed by atoms with van der Waals surface area (Å²) in [6.45, 7) is 3.64. The van der Waals surface area contributed by atoms with Gasteiger partial charge in [0.2, 0.25) is 5.52 Å². The fourth-order valence-corrected chi connectivity index (χ4v) is 6.43. The van der Waals surface area contributed by atoms with E-state index in [0.29, 0.717) is 5.56 Å². The van der Waals surface area contributed by atoms with E-state index in [0.717, 1.165) is 56.2 Å². The Morgan fingerprint density at radius 3 is 1.56 bits per heavy atom. The van der Waals surface area contributed by atoms with Crippen LogP contribution in [0.5, 0.6) is 5.75 Å². The van der Waals surface area contributed by atoms with Crippen LogP contribution in [-0.2, 0) is 34.3 Å². The van der Waals surface area contributed by atoms with Crippen molar-refractivity contribution in [2.45, 2.75) is 23.6 Å². The largest absolute Gasteiger partial charge is 0.744 e. The van der Waals surface area contributed by atoms with Gasteiger partial charge in [-0.15, -0.1) is 0 Å². The van der Waals surface area contributed by atoms with E-state index in [2.05, 4.69) is 20.5 Å². The third-order valence-electron chi connectivity index (χ3n) is 8.79. The first kappa shape index (κ1) is 43.5. The molecule has 0 atom stereocenters. The number of nitrogens with zero attached hydrogens (tertiary/aromatic N) is 2. The van der Waals surface area contributed by atoms with Crippen molar-refractivity contribution in [1.29, 1.82) is 0 Å². The Hall–Kier alpha value is -6.65. The van der Waals surface area contributed by atoms with E-state index < -0.39 is 20.2 Å². The average molecular weight is 834 g/mol. The van der Waals surface area contributed by atoms with Crippen LogP contribution in [0, 0.1) is 13.8 Å². The molecule has 0 saturated heterocycles. The zero-order valence-electron chi connectivity index (χ0n) is 32.9. The van der Waals surface area contributed by atoms with Gasteiger partial charge in [-0.05, 0) is 98.8 Å². The number of aryl methyl sites for hydroxylation is 4. The van der Waals surface area contributed by atoms with Gasteiger partial charge in [0, 0.05) is 46.9 Å². The number of rotatable bonds is 9. The lowest BCUT2D eigenvalue weighted by atomic mass is 10.1. The minimum absolute atomic E-state index is 0.162. The number of anilines is 5. The van der Waals surface area contributed by atoms with E-state index in [-0.39, 0.29) is 15.7 Å². The highest BCUT2D eigenvalue weighted by atomic mass is 32.2. The van der Waals surface area contributed by atoms with Crippen LogP contribution < -0.4 is 29.8 Å². The number of aromatic nitrogens is 2. The monoisotopic (exact) mass is 833 g/mol. The standard InChI is InChI=1S/C30H27N5O2.2C7H8O3S/c1-34-17-14-25(15-18-34)31-22-8-10-24(11-9-22)33-30(36)21-4-6-23(7-5-21)32-28-16-19-35(2)29-13-12-26(37-3)20-27(28)29;2*1-6-2-4-7(5-3-6)11(8,9)10/h4-20H,1-3H3,(H,33,36);2*2-5H,1H3,(H,8,9,10). The Morgan fingerprint density at radius 2 is 1.05 bits per heavy atom. The number of hydrogen-bond donors (Lipinski definition) is 3. The molecule has 0 aliphatic rings. The minimum Gasteiger partial charge on any atom is -0.744 e. The number of nitrogens with one attached hydrogen (secondary N) is 3. The zero-order chi connectivity index (χ0) is 42.7. The van der Waals surface area contributed by atoms with Gasteiger partial charge in [0.1, 0.15) is 40.1 Å². The number of methoxy groups -OCH3 is 1. The number of hydrogen-bond acceptors (Lipinski definition) is 10. The summed E-state index contributed by atoms with van der Waals surface area (Å²) < 4.78 is 71.8. The van der Waals surface area contributed by atoms with Crippen molar-refractivity contribution < 1.29 is 44.6 Å². The van der Waals surface area contributed by atoms with Crippen LogP contribution in [-0.4, -0.2) is 39.0 Å². The Kier molecular flexibility index (Phi) is 14.1. The predicted octanol–water partition coefficient (Wildman–Crippen LogP) is 7.04. The van der Waals surface area contributed by atoms with Crippen molar-refractivity contribution in [1.82, 2.24) is 0 Å². The molecule has 59 heavy (non-hydrogen) atoms. The van der Waals surface area contributed by atoms with Crippen LogP contribution in [0.15, 0.2) is 162 Å². The molecule has 1 amide bonds. The number of amides is 1.